The van der Waals surface area contributed by atoms with Gasteiger partial charge in [0.05, 0.1) is 12.2 Å². The summed E-state index contributed by atoms with van der Waals surface area (Å²) in [5.41, 5.74) is -0.0497. The Labute approximate surface area is 114 Å². The highest BCUT2D eigenvalue weighted by atomic mass is 16.4. The summed E-state index contributed by atoms with van der Waals surface area (Å²) in [6.45, 7) is 0.898. The first-order valence-corrected chi connectivity index (χ1v) is 5.87. The van der Waals surface area contributed by atoms with Crippen LogP contribution in [0, 0.1) is 0 Å². The average molecular weight is 275 g/mol. The predicted molar refractivity (Wildman–Crippen MR) is 70.4 cm³/mol. The maximum Gasteiger partial charge on any atom is 0.356 e. The molecule has 2 aromatic rings. The summed E-state index contributed by atoms with van der Waals surface area (Å²) in [5.74, 6) is -1.20. The molecule has 2 amide bonds. The fourth-order valence-electron chi connectivity index (χ4n) is 1.56. The van der Waals surface area contributed by atoms with E-state index in [0.29, 0.717) is 13.1 Å². The number of anilines is 1. The largest absolute Gasteiger partial charge is 0.476 e. The molecule has 2 aromatic heterocycles. The fraction of sp³-hybridized carbons (Fsp3) is 0.167. The molecule has 104 valence electrons. The number of carbonyl (C=O) groups is 2. The number of carboxylic acid groups (broad SMARTS) is 1. The number of nitrogens with one attached hydrogen (secondary N) is 2. The Balaban J connectivity index is 1.87. The summed E-state index contributed by atoms with van der Waals surface area (Å²) in [5, 5.41) is 18.0. The number of urea groups is 1. The van der Waals surface area contributed by atoms with E-state index in [9.17, 15) is 9.59 Å². The van der Waals surface area contributed by atoms with E-state index in [4.69, 9.17) is 5.11 Å². The predicted octanol–water partition coefficient (Wildman–Crippen LogP) is 0.798. The number of nitrogens with zero attached hydrogens (tertiary/aromatic N) is 3. The van der Waals surface area contributed by atoms with E-state index in [-0.39, 0.29) is 11.4 Å². The van der Waals surface area contributed by atoms with Gasteiger partial charge in [0, 0.05) is 25.1 Å². The van der Waals surface area contributed by atoms with E-state index in [1.54, 1.807) is 29.2 Å². The van der Waals surface area contributed by atoms with Gasteiger partial charge >= 0.3 is 12.0 Å². The second-order valence-corrected chi connectivity index (χ2v) is 3.85. The molecule has 0 bridgehead atoms. The molecule has 0 aliphatic heterocycles. The Hall–Kier alpha value is -2.90. The summed E-state index contributed by atoms with van der Waals surface area (Å²) in [4.78, 5) is 26.3. The monoisotopic (exact) mass is 275 g/mol. The van der Waals surface area contributed by atoms with Gasteiger partial charge in [0.2, 0.25) is 0 Å². The molecular weight excluding hydrogens is 262 g/mol. The standard InChI is InChI=1S/C12H13N5O3/c18-11(19)10-9(3-1-4-13-10)16-12(20)14-6-8-17-7-2-5-15-17/h1-5,7H,6,8H2,(H,18,19)(H2,14,16,20). The smallest absolute Gasteiger partial charge is 0.356 e. The number of carbonyl (C=O) groups excluding carboxylic acids is 1. The molecule has 2 rings (SSSR count). The summed E-state index contributed by atoms with van der Waals surface area (Å²) in [6.07, 6.45) is 4.78. The molecule has 0 radical (unpaired) electrons. The van der Waals surface area contributed by atoms with Crippen molar-refractivity contribution in [2.45, 2.75) is 6.54 Å². The number of aromatic carboxylic acids is 1. The van der Waals surface area contributed by atoms with Gasteiger partial charge in [-0.05, 0) is 18.2 Å². The first-order valence-electron chi connectivity index (χ1n) is 5.87. The molecule has 8 nitrogen and oxygen atoms in total. The fourth-order valence-corrected chi connectivity index (χ4v) is 1.56. The van der Waals surface area contributed by atoms with E-state index in [2.05, 4.69) is 20.7 Å². The third kappa shape index (κ3) is 3.55. The minimum absolute atomic E-state index is 0.150. The molecule has 0 unspecified atom stereocenters. The molecule has 0 aliphatic rings. The number of pyridine rings is 1. The van der Waals surface area contributed by atoms with E-state index >= 15 is 0 Å². The lowest BCUT2D eigenvalue weighted by atomic mass is 10.3. The number of amides is 2. The van der Waals surface area contributed by atoms with Gasteiger partial charge in [0.25, 0.3) is 0 Å². The maximum atomic E-state index is 11.6. The van der Waals surface area contributed by atoms with Crippen molar-refractivity contribution < 1.29 is 14.7 Å². The van der Waals surface area contributed by atoms with Crippen LogP contribution in [0.15, 0.2) is 36.8 Å². The summed E-state index contributed by atoms with van der Waals surface area (Å²) in [6, 6.07) is 4.32. The van der Waals surface area contributed by atoms with Gasteiger partial charge in [-0.15, -0.1) is 0 Å². The van der Waals surface area contributed by atoms with Gasteiger partial charge in [0.15, 0.2) is 5.69 Å². The highest BCUT2D eigenvalue weighted by Gasteiger charge is 2.12. The van der Waals surface area contributed by atoms with Gasteiger partial charge < -0.3 is 15.7 Å². The van der Waals surface area contributed by atoms with Crippen molar-refractivity contribution in [3.63, 3.8) is 0 Å². The van der Waals surface area contributed by atoms with Gasteiger partial charge in [0.1, 0.15) is 0 Å². The summed E-state index contributed by atoms with van der Waals surface area (Å²) < 4.78 is 1.67. The Bertz CT molecular complexity index is 597. The van der Waals surface area contributed by atoms with Crippen LogP contribution in [0.2, 0.25) is 0 Å². The zero-order valence-corrected chi connectivity index (χ0v) is 10.5. The lowest BCUT2D eigenvalue weighted by molar-refractivity contribution is 0.0692. The lowest BCUT2D eigenvalue weighted by Gasteiger charge is -2.09. The van der Waals surface area contributed by atoms with Crippen molar-refractivity contribution in [2.24, 2.45) is 0 Å². The van der Waals surface area contributed by atoms with Crippen LogP contribution in [-0.2, 0) is 6.54 Å². The van der Waals surface area contributed by atoms with E-state index in [1.807, 2.05) is 0 Å². The number of rotatable bonds is 5. The number of hydrogen-bond acceptors (Lipinski definition) is 4. The van der Waals surface area contributed by atoms with Crippen LogP contribution in [0.4, 0.5) is 10.5 Å². The lowest BCUT2D eigenvalue weighted by Crippen LogP contribution is -2.32. The molecule has 2 heterocycles. The quantitative estimate of drug-likeness (QED) is 0.747. The van der Waals surface area contributed by atoms with Crippen LogP contribution in [-0.4, -0.2) is 38.4 Å². The Morgan fingerprint density at radius 1 is 1.30 bits per heavy atom. The van der Waals surface area contributed by atoms with Crippen LogP contribution < -0.4 is 10.6 Å². The minimum atomic E-state index is -1.20. The summed E-state index contributed by atoms with van der Waals surface area (Å²) >= 11 is 0. The van der Waals surface area contributed by atoms with E-state index in [0.717, 1.165) is 0 Å². The summed E-state index contributed by atoms with van der Waals surface area (Å²) in [7, 11) is 0. The second kappa shape index (κ2) is 6.32. The first-order chi connectivity index (χ1) is 9.66. The van der Waals surface area contributed by atoms with Crippen molar-refractivity contribution in [3.05, 3.63) is 42.5 Å². The highest BCUT2D eigenvalue weighted by Crippen LogP contribution is 2.11. The molecule has 0 atom stereocenters. The van der Waals surface area contributed by atoms with Crippen LogP contribution in [0.1, 0.15) is 10.5 Å². The van der Waals surface area contributed by atoms with Crippen molar-refractivity contribution in [3.8, 4) is 0 Å². The zero-order valence-electron chi connectivity index (χ0n) is 10.5. The highest BCUT2D eigenvalue weighted by molar-refractivity contribution is 5.98. The van der Waals surface area contributed by atoms with Gasteiger partial charge in [-0.1, -0.05) is 0 Å². The van der Waals surface area contributed by atoms with Gasteiger partial charge in [-0.3, -0.25) is 4.68 Å². The molecule has 0 aliphatic carbocycles. The van der Waals surface area contributed by atoms with Crippen molar-refractivity contribution in [1.29, 1.82) is 0 Å². The third-order valence-electron chi connectivity index (χ3n) is 2.44. The van der Waals surface area contributed by atoms with Gasteiger partial charge in [-0.2, -0.15) is 5.10 Å². The van der Waals surface area contributed by atoms with Crippen molar-refractivity contribution in [1.82, 2.24) is 20.1 Å². The van der Waals surface area contributed by atoms with Crippen molar-refractivity contribution in [2.75, 3.05) is 11.9 Å². The first kappa shape index (κ1) is 13.5. The molecule has 0 spiro atoms. The van der Waals surface area contributed by atoms with Crippen LogP contribution >= 0.6 is 0 Å². The topological polar surface area (TPSA) is 109 Å². The maximum absolute atomic E-state index is 11.6. The van der Waals surface area contributed by atoms with Gasteiger partial charge in [-0.25, -0.2) is 14.6 Å². The molecule has 0 fully saturated rings. The minimum Gasteiger partial charge on any atom is -0.476 e. The Morgan fingerprint density at radius 3 is 2.85 bits per heavy atom. The molecule has 0 saturated carbocycles. The molecule has 0 aromatic carbocycles. The number of carboxylic acids is 1. The van der Waals surface area contributed by atoms with Crippen LogP contribution in [0.3, 0.4) is 0 Å². The molecule has 3 N–H and O–H groups in total. The van der Waals surface area contributed by atoms with Crippen LogP contribution in [0.5, 0.6) is 0 Å². The SMILES string of the molecule is O=C(NCCn1cccn1)Nc1cccnc1C(=O)O. The zero-order chi connectivity index (χ0) is 14.4. The molecule has 20 heavy (non-hydrogen) atoms. The van der Waals surface area contributed by atoms with Crippen molar-refractivity contribution >= 4 is 17.7 Å². The Kier molecular flexibility index (Phi) is 4.28. The second-order valence-electron chi connectivity index (χ2n) is 3.85. The normalized spacial score (nSPS) is 10.0. The number of hydrogen-bond donors (Lipinski definition) is 3. The van der Waals surface area contributed by atoms with Crippen LogP contribution in [0.25, 0.3) is 0 Å². The third-order valence-corrected chi connectivity index (χ3v) is 2.44. The molecular formula is C12H13N5O3. The number of aromatic nitrogens is 3. The van der Waals surface area contributed by atoms with E-state index < -0.39 is 12.0 Å². The average Bonchev–Trinajstić information content (AvgIpc) is 2.92. The van der Waals surface area contributed by atoms with E-state index in [1.165, 1.54) is 12.3 Å². The Morgan fingerprint density at radius 2 is 2.15 bits per heavy atom. The molecule has 8 heteroatoms. The molecule has 0 saturated heterocycles.